The third-order valence-corrected chi connectivity index (χ3v) is 5.89. The monoisotopic (exact) mass is 298 g/mol. The van der Waals surface area contributed by atoms with Gasteiger partial charge in [-0.1, -0.05) is 12.8 Å². The van der Waals surface area contributed by atoms with Crippen molar-refractivity contribution in [2.75, 3.05) is 14.2 Å². The number of benzene rings is 1. The van der Waals surface area contributed by atoms with E-state index in [1.807, 2.05) is 0 Å². The van der Waals surface area contributed by atoms with E-state index < -0.39 is 10.0 Å². The highest BCUT2D eigenvalue weighted by atomic mass is 32.2. The summed E-state index contributed by atoms with van der Waals surface area (Å²) in [6.07, 6.45) is 4.08. The smallest absolute Gasteiger partial charge is 0.243 e. The third-order valence-electron chi connectivity index (χ3n) is 3.99. The van der Waals surface area contributed by atoms with Crippen LogP contribution in [0.25, 0.3) is 0 Å². The van der Waals surface area contributed by atoms with Crippen LogP contribution in [0.4, 0.5) is 0 Å². The van der Waals surface area contributed by atoms with Crippen LogP contribution in [0.15, 0.2) is 23.1 Å². The Morgan fingerprint density at radius 2 is 2.00 bits per heavy atom. The van der Waals surface area contributed by atoms with Crippen LogP contribution >= 0.6 is 0 Å². The van der Waals surface area contributed by atoms with E-state index in [4.69, 9.17) is 10.5 Å². The van der Waals surface area contributed by atoms with E-state index in [1.54, 1.807) is 32.4 Å². The molecule has 0 heterocycles. The molecule has 1 aliphatic carbocycles. The highest BCUT2D eigenvalue weighted by molar-refractivity contribution is 7.89. The van der Waals surface area contributed by atoms with Crippen LogP contribution in [0.1, 0.15) is 31.2 Å². The number of rotatable bonds is 5. The van der Waals surface area contributed by atoms with Crippen LogP contribution in [-0.2, 0) is 16.6 Å². The van der Waals surface area contributed by atoms with Crippen molar-refractivity contribution < 1.29 is 13.2 Å². The Morgan fingerprint density at radius 1 is 1.35 bits per heavy atom. The first-order chi connectivity index (χ1) is 9.50. The SMILES string of the molecule is COc1ccc(S(=O)(=O)N(C)C2CCCC2)cc1CN. The lowest BCUT2D eigenvalue weighted by Gasteiger charge is -2.24. The lowest BCUT2D eigenvalue weighted by Crippen LogP contribution is -2.35. The number of methoxy groups -OCH3 is 1. The van der Waals surface area contributed by atoms with E-state index in [9.17, 15) is 8.42 Å². The van der Waals surface area contributed by atoms with Crippen molar-refractivity contribution in [3.8, 4) is 5.75 Å². The minimum absolute atomic E-state index is 0.114. The van der Waals surface area contributed by atoms with Gasteiger partial charge in [0.25, 0.3) is 0 Å². The van der Waals surface area contributed by atoms with Gasteiger partial charge in [0.15, 0.2) is 0 Å². The molecule has 112 valence electrons. The molecule has 1 aromatic rings. The molecule has 0 atom stereocenters. The molecular formula is C14H22N2O3S. The Hall–Kier alpha value is -1.11. The molecule has 0 spiro atoms. The molecule has 0 bridgehead atoms. The Morgan fingerprint density at radius 3 is 2.55 bits per heavy atom. The fourth-order valence-corrected chi connectivity index (χ4v) is 4.17. The van der Waals surface area contributed by atoms with Crippen molar-refractivity contribution in [1.82, 2.24) is 4.31 Å². The lowest BCUT2D eigenvalue weighted by atomic mass is 10.2. The number of hydrogen-bond acceptors (Lipinski definition) is 4. The highest BCUT2D eigenvalue weighted by Gasteiger charge is 2.30. The van der Waals surface area contributed by atoms with E-state index >= 15 is 0 Å². The summed E-state index contributed by atoms with van der Waals surface area (Å²) in [5.74, 6) is 0.620. The molecule has 0 radical (unpaired) electrons. The zero-order valence-corrected chi connectivity index (χ0v) is 12.8. The predicted molar refractivity (Wildman–Crippen MR) is 78.1 cm³/mol. The maximum atomic E-state index is 12.6. The molecule has 0 aliphatic heterocycles. The van der Waals surface area contributed by atoms with Crippen molar-refractivity contribution in [2.24, 2.45) is 5.73 Å². The molecule has 0 unspecified atom stereocenters. The second-order valence-corrected chi connectivity index (χ2v) is 7.13. The number of ether oxygens (including phenoxy) is 1. The van der Waals surface area contributed by atoms with Gasteiger partial charge in [-0.2, -0.15) is 4.31 Å². The molecule has 0 amide bonds. The van der Waals surface area contributed by atoms with Crippen LogP contribution in [0.2, 0.25) is 0 Å². The van der Waals surface area contributed by atoms with Crippen molar-refractivity contribution in [1.29, 1.82) is 0 Å². The van der Waals surface area contributed by atoms with Crippen LogP contribution in [0.3, 0.4) is 0 Å². The number of hydrogen-bond donors (Lipinski definition) is 1. The quantitative estimate of drug-likeness (QED) is 0.898. The predicted octanol–water partition coefficient (Wildman–Crippen LogP) is 1.72. The van der Waals surface area contributed by atoms with Crippen molar-refractivity contribution in [3.05, 3.63) is 23.8 Å². The van der Waals surface area contributed by atoms with Crippen LogP contribution < -0.4 is 10.5 Å². The van der Waals surface area contributed by atoms with Crippen molar-refractivity contribution >= 4 is 10.0 Å². The van der Waals surface area contributed by atoms with Gasteiger partial charge in [-0.05, 0) is 31.0 Å². The molecule has 1 aromatic carbocycles. The van der Waals surface area contributed by atoms with Gasteiger partial charge in [0.1, 0.15) is 5.75 Å². The van der Waals surface area contributed by atoms with Gasteiger partial charge >= 0.3 is 0 Å². The summed E-state index contributed by atoms with van der Waals surface area (Å²) in [6.45, 7) is 0.250. The maximum Gasteiger partial charge on any atom is 0.243 e. The molecule has 20 heavy (non-hydrogen) atoms. The second-order valence-electron chi connectivity index (χ2n) is 5.14. The Kier molecular flexibility index (Phi) is 4.67. The molecule has 5 nitrogen and oxygen atoms in total. The largest absolute Gasteiger partial charge is 0.496 e. The van der Waals surface area contributed by atoms with Crippen molar-refractivity contribution in [3.63, 3.8) is 0 Å². The Balaban J connectivity index is 2.33. The minimum atomic E-state index is -3.46. The fraction of sp³-hybridized carbons (Fsp3) is 0.571. The summed E-state index contributed by atoms with van der Waals surface area (Å²) in [7, 11) is -0.244. The molecule has 1 aliphatic rings. The summed E-state index contributed by atoms with van der Waals surface area (Å²) >= 11 is 0. The molecule has 2 rings (SSSR count). The van der Waals surface area contributed by atoms with E-state index in [1.165, 1.54) is 4.31 Å². The Labute approximate surface area is 120 Å². The number of nitrogens with zero attached hydrogens (tertiary/aromatic N) is 1. The van der Waals surface area contributed by atoms with Crippen LogP contribution in [-0.4, -0.2) is 32.9 Å². The lowest BCUT2D eigenvalue weighted by molar-refractivity contribution is 0.372. The van der Waals surface area contributed by atoms with E-state index in [0.717, 1.165) is 25.7 Å². The molecule has 1 saturated carbocycles. The molecule has 0 aromatic heterocycles. The number of nitrogens with two attached hydrogens (primary N) is 1. The summed E-state index contributed by atoms with van der Waals surface area (Å²) in [6, 6.07) is 4.97. The van der Waals surface area contributed by atoms with Crippen LogP contribution in [0.5, 0.6) is 5.75 Å². The van der Waals surface area contributed by atoms with E-state index in [-0.39, 0.29) is 17.5 Å². The zero-order valence-electron chi connectivity index (χ0n) is 12.0. The average Bonchev–Trinajstić information content (AvgIpc) is 2.99. The van der Waals surface area contributed by atoms with Gasteiger partial charge in [0, 0.05) is 25.2 Å². The first-order valence-electron chi connectivity index (χ1n) is 6.85. The molecule has 2 N–H and O–H groups in total. The van der Waals surface area contributed by atoms with Crippen LogP contribution in [0, 0.1) is 0 Å². The molecular weight excluding hydrogens is 276 g/mol. The zero-order chi connectivity index (χ0) is 14.8. The third kappa shape index (κ3) is 2.82. The molecule has 1 fully saturated rings. The second kappa shape index (κ2) is 6.11. The molecule has 6 heteroatoms. The molecule has 0 saturated heterocycles. The van der Waals surface area contributed by atoms with Crippen molar-refractivity contribution in [2.45, 2.75) is 43.2 Å². The highest BCUT2D eigenvalue weighted by Crippen LogP contribution is 2.29. The number of sulfonamides is 1. The minimum Gasteiger partial charge on any atom is -0.496 e. The van der Waals surface area contributed by atoms with E-state index in [0.29, 0.717) is 11.3 Å². The average molecular weight is 298 g/mol. The normalized spacial score (nSPS) is 16.8. The van der Waals surface area contributed by atoms with Gasteiger partial charge in [0.05, 0.1) is 12.0 Å². The van der Waals surface area contributed by atoms with E-state index in [2.05, 4.69) is 0 Å². The summed E-state index contributed by atoms with van der Waals surface area (Å²) in [5, 5.41) is 0. The Bertz CT molecular complexity index is 566. The first kappa shape index (κ1) is 15.3. The maximum absolute atomic E-state index is 12.6. The van der Waals surface area contributed by atoms with Gasteiger partial charge in [-0.3, -0.25) is 0 Å². The summed E-state index contributed by atoms with van der Waals surface area (Å²) in [4.78, 5) is 0.285. The topological polar surface area (TPSA) is 72.6 Å². The first-order valence-corrected chi connectivity index (χ1v) is 8.29. The van der Waals surface area contributed by atoms with Gasteiger partial charge in [-0.25, -0.2) is 8.42 Å². The standard InChI is InChI=1S/C14H22N2O3S/c1-16(12-5-3-4-6-12)20(17,18)13-7-8-14(19-2)11(9-13)10-15/h7-9,12H,3-6,10,15H2,1-2H3. The van der Waals surface area contributed by atoms with Gasteiger partial charge in [-0.15, -0.1) is 0 Å². The fourth-order valence-electron chi connectivity index (χ4n) is 2.71. The van der Waals surface area contributed by atoms with Gasteiger partial charge in [0.2, 0.25) is 10.0 Å². The van der Waals surface area contributed by atoms with Gasteiger partial charge < -0.3 is 10.5 Å². The summed E-state index contributed by atoms with van der Waals surface area (Å²) < 4.78 is 31.9. The summed E-state index contributed by atoms with van der Waals surface area (Å²) in [5.41, 5.74) is 6.35.